The van der Waals surface area contributed by atoms with Gasteiger partial charge in [-0.05, 0) is 76.9 Å². The van der Waals surface area contributed by atoms with Crippen LogP contribution in [-0.4, -0.2) is 17.2 Å². The third-order valence-electron chi connectivity index (χ3n) is 3.96. The highest BCUT2D eigenvalue weighted by molar-refractivity contribution is 9.10. The Kier molecular flexibility index (Phi) is 7.10. The molecule has 1 N–H and O–H groups in total. The van der Waals surface area contributed by atoms with Crippen LogP contribution >= 0.6 is 50.9 Å². The lowest BCUT2D eigenvalue weighted by atomic mass is 10.2. The van der Waals surface area contributed by atoms with E-state index in [1.54, 1.807) is 24.3 Å². The number of amidine groups is 1. The zero-order valence-electron chi connectivity index (χ0n) is 15.1. The minimum atomic E-state index is -0.210. The van der Waals surface area contributed by atoms with Crippen LogP contribution < -0.4 is 10.1 Å². The van der Waals surface area contributed by atoms with E-state index in [9.17, 15) is 4.79 Å². The number of ether oxygens (including phenoxy) is 1. The number of thioether (sulfide) groups is 1. The molecule has 3 rings (SSSR count). The highest BCUT2D eigenvalue weighted by Gasteiger charge is 2.24. The summed E-state index contributed by atoms with van der Waals surface area (Å²) in [5, 5.41) is 3.97. The molecule has 0 bridgehead atoms. The van der Waals surface area contributed by atoms with E-state index in [2.05, 4.69) is 33.2 Å². The summed E-state index contributed by atoms with van der Waals surface area (Å²) < 4.78 is 6.69. The van der Waals surface area contributed by atoms with Crippen LogP contribution in [0.4, 0.5) is 5.69 Å². The van der Waals surface area contributed by atoms with Gasteiger partial charge >= 0.3 is 0 Å². The number of amides is 1. The zero-order valence-corrected chi connectivity index (χ0v) is 19.0. The summed E-state index contributed by atoms with van der Waals surface area (Å²) in [6.45, 7) is 4.10. The minimum Gasteiger partial charge on any atom is -0.490 e. The molecule has 28 heavy (non-hydrogen) atoms. The first-order chi connectivity index (χ1) is 13.4. The maximum absolute atomic E-state index is 12.3. The fraction of sp³-hybridized carbons (Fsp3) is 0.200. The normalized spacial score (nSPS) is 17.8. The van der Waals surface area contributed by atoms with Crippen LogP contribution in [0.25, 0.3) is 6.08 Å². The van der Waals surface area contributed by atoms with Crippen molar-refractivity contribution in [2.75, 3.05) is 0 Å². The Bertz CT molecular complexity index is 979. The quantitative estimate of drug-likeness (QED) is 0.459. The van der Waals surface area contributed by atoms with Crippen molar-refractivity contribution in [3.05, 3.63) is 61.4 Å². The fourth-order valence-electron chi connectivity index (χ4n) is 2.32. The molecule has 1 amide bonds. The van der Waals surface area contributed by atoms with Gasteiger partial charge in [-0.2, -0.15) is 0 Å². The molecule has 1 fully saturated rings. The Morgan fingerprint density at radius 3 is 2.82 bits per heavy atom. The van der Waals surface area contributed by atoms with Gasteiger partial charge in [-0.15, -0.1) is 0 Å². The van der Waals surface area contributed by atoms with Crippen molar-refractivity contribution >= 4 is 73.7 Å². The molecular formula is C20H17BrCl2N2O2S. The van der Waals surface area contributed by atoms with Crippen molar-refractivity contribution in [1.29, 1.82) is 0 Å². The molecule has 1 saturated heterocycles. The second kappa shape index (κ2) is 9.35. The van der Waals surface area contributed by atoms with E-state index in [1.807, 2.05) is 25.1 Å². The third kappa shape index (κ3) is 5.11. The van der Waals surface area contributed by atoms with Gasteiger partial charge in [0.05, 0.1) is 31.2 Å². The van der Waals surface area contributed by atoms with E-state index < -0.39 is 0 Å². The van der Waals surface area contributed by atoms with Crippen molar-refractivity contribution in [3.63, 3.8) is 0 Å². The summed E-state index contributed by atoms with van der Waals surface area (Å²) in [6, 6.07) is 10.9. The number of nitrogens with zero attached hydrogens (tertiary/aromatic N) is 1. The minimum absolute atomic E-state index is 0.133. The smallest absolute Gasteiger partial charge is 0.264 e. The molecule has 0 saturated carbocycles. The van der Waals surface area contributed by atoms with E-state index in [0.29, 0.717) is 25.8 Å². The first-order valence-corrected chi connectivity index (χ1v) is 10.9. The Morgan fingerprint density at radius 1 is 1.32 bits per heavy atom. The monoisotopic (exact) mass is 498 g/mol. The lowest BCUT2D eigenvalue weighted by molar-refractivity contribution is -0.115. The molecule has 2 aromatic carbocycles. The number of hydrogen-bond acceptors (Lipinski definition) is 4. The van der Waals surface area contributed by atoms with Crippen molar-refractivity contribution in [3.8, 4) is 5.75 Å². The number of carbonyl (C=O) groups excluding carboxylic acids is 1. The molecule has 146 valence electrons. The largest absolute Gasteiger partial charge is 0.490 e. The molecule has 0 unspecified atom stereocenters. The molecule has 0 aliphatic carbocycles. The van der Waals surface area contributed by atoms with Crippen molar-refractivity contribution in [2.45, 2.75) is 26.4 Å². The van der Waals surface area contributed by atoms with Gasteiger partial charge in [-0.3, -0.25) is 4.79 Å². The van der Waals surface area contributed by atoms with Crippen LogP contribution in [0.1, 0.15) is 25.8 Å². The summed E-state index contributed by atoms with van der Waals surface area (Å²) in [5.74, 6) is 0.566. The van der Waals surface area contributed by atoms with E-state index in [0.717, 1.165) is 22.2 Å². The molecule has 8 heteroatoms. The third-order valence-corrected chi connectivity index (χ3v) is 6.30. The van der Waals surface area contributed by atoms with E-state index >= 15 is 0 Å². The summed E-state index contributed by atoms with van der Waals surface area (Å²) in [6.07, 6.45) is 2.86. The van der Waals surface area contributed by atoms with Gasteiger partial charge in [0.1, 0.15) is 5.75 Å². The second-order valence-corrected chi connectivity index (χ2v) is 8.75. The topological polar surface area (TPSA) is 50.7 Å². The highest BCUT2D eigenvalue weighted by atomic mass is 79.9. The maximum Gasteiger partial charge on any atom is 0.264 e. The van der Waals surface area contributed by atoms with Crippen LogP contribution in [-0.2, 0) is 4.79 Å². The van der Waals surface area contributed by atoms with Crippen LogP contribution in [0, 0.1) is 0 Å². The molecule has 1 heterocycles. The van der Waals surface area contributed by atoms with E-state index in [-0.39, 0.29) is 12.0 Å². The molecule has 4 nitrogen and oxygen atoms in total. The van der Waals surface area contributed by atoms with E-state index in [1.165, 1.54) is 11.8 Å². The number of halogens is 3. The van der Waals surface area contributed by atoms with Gasteiger partial charge in [0.15, 0.2) is 5.17 Å². The Morgan fingerprint density at radius 2 is 2.11 bits per heavy atom. The molecule has 2 aromatic rings. The summed E-state index contributed by atoms with van der Waals surface area (Å²) in [4.78, 5) is 17.2. The van der Waals surface area contributed by atoms with Crippen molar-refractivity contribution in [1.82, 2.24) is 5.32 Å². The molecule has 0 radical (unpaired) electrons. The summed E-state index contributed by atoms with van der Waals surface area (Å²) >= 11 is 16.9. The molecular weight excluding hydrogens is 483 g/mol. The van der Waals surface area contributed by atoms with Crippen LogP contribution in [0.5, 0.6) is 5.75 Å². The number of hydrogen-bond donors (Lipinski definition) is 1. The summed E-state index contributed by atoms with van der Waals surface area (Å²) in [7, 11) is 0. The van der Waals surface area contributed by atoms with Gasteiger partial charge < -0.3 is 10.1 Å². The highest BCUT2D eigenvalue weighted by Crippen LogP contribution is 2.35. The van der Waals surface area contributed by atoms with E-state index in [4.69, 9.17) is 27.9 Å². The van der Waals surface area contributed by atoms with Crippen molar-refractivity contribution in [2.24, 2.45) is 4.99 Å². The predicted molar refractivity (Wildman–Crippen MR) is 122 cm³/mol. The fourth-order valence-corrected chi connectivity index (χ4v) is 3.99. The van der Waals surface area contributed by atoms with Crippen molar-refractivity contribution < 1.29 is 9.53 Å². The summed E-state index contributed by atoms with van der Waals surface area (Å²) in [5.41, 5.74) is 1.38. The number of carbonyl (C=O) groups is 1. The molecule has 0 aromatic heterocycles. The Hall–Kier alpha value is -1.47. The maximum atomic E-state index is 12.3. The Labute approximate surface area is 186 Å². The first kappa shape index (κ1) is 21.2. The zero-order chi connectivity index (χ0) is 20.3. The van der Waals surface area contributed by atoms with Gasteiger partial charge in [-0.1, -0.05) is 42.3 Å². The van der Waals surface area contributed by atoms with Crippen LogP contribution in [0.2, 0.25) is 10.0 Å². The Balaban J connectivity index is 1.80. The average molecular weight is 500 g/mol. The SMILES string of the molecule is CC[C@@H](C)Oc1ccc(/C=C2/SC(=Nc3cccc(Cl)c3Cl)NC2=O)cc1Br. The number of nitrogens with one attached hydrogen (secondary N) is 1. The lowest BCUT2D eigenvalue weighted by Crippen LogP contribution is -2.19. The van der Waals surface area contributed by atoms with Gasteiger partial charge in [0.2, 0.25) is 0 Å². The van der Waals surface area contributed by atoms with Gasteiger partial charge in [0.25, 0.3) is 5.91 Å². The number of aliphatic imine (C=N–C) groups is 1. The standard InChI is InChI=1S/C20H17BrCl2N2O2S/c1-3-11(2)27-16-8-7-12(9-13(16)21)10-17-19(26)25-20(28-17)24-15-6-4-5-14(22)18(15)23/h4-11H,3H2,1-2H3,(H,24,25,26)/b17-10+/t11-/m1/s1. The number of benzene rings is 2. The average Bonchev–Trinajstić information content (AvgIpc) is 3.00. The molecule has 0 spiro atoms. The first-order valence-electron chi connectivity index (χ1n) is 8.57. The molecule has 1 aliphatic heterocycles. The molecule has 1 aliphatic rings. The van der Waals surface area contributed by atoms with Gasteiger partial charge in [-0.25, -0.2) is 4.99 Å². The van der Waals surface area contributed by atoms with Crippen LogP contribution in [0.3, 0.4) is 0 Å². The van der Waals surface area contributed by atoms with Gasteiger partial charge in [0, 0.05) is 0 Å². The predicted octanol–water partition coefficient (Wildman–Crippen LogP) is 6.82. The lowest BCUT2D eigenvalue weighted by Gasteiger charge is -2.14. The second-order valence-electron chi connectivity index (χ2n) is 6.08. The number of rotatable bonds is 5. The van der Waals surface area contributed by atoms with Crippen LogP contribution in [0.15, 0.2) is 50.8 Å². The molecule has 1 atom stereocenters.